The molecule has 2 heterocycles. The minimum absolute atomic E-state index is 0.0462. The van der Waals surface area contributed by atoms with Crippen LogP contribution in [0.15, 0.2) is 12.2 Å². The van der Waals surface area contributed by atoms with E-state index < -0.39 is 0 Å². The minimum Gasteiger partial charge on any atom is -0.392 e. The molecular weight excluding hydrogens is 200 g/mol. The van der Waals surface area contributed by atoms with Gasteiger partial charge in [0.25, 0.3) is 0 Å². The fourth-order valence-corrected chi connectivity index (χ4v) is 4.25. The first-order chi connectivity index (χ1) is 7.47. The van der Waals surface area contributed by atoms with Crippen LogP contribution in [0.1, 0.15) is 46.0 Å². The highest BCUT2D eigenvalue weighted by atomic mass is 16.5. The summed E-state index contributed by atoms with van der Waals surface area (Å²) in [6, 6.07) is 0. The number of aliphatic hydroxyl groups is 1. The van der Waals surface area contributed by atoms with Crippen molar-refractivity contribution < 1.29 is 9.84 Å². The van der Waals surface area contributed by atoms with Gasteiger partial charge in [0, 0.05) is 11.8 Å². The van der Waals surface area contributed by atoms with Crippen molar-refractivity contribution in [1.82, 2.24) is 0 Å². The summed E-state index contributed by atoms with van der Waals surface area (Å²) in [7, 11) is 0. The van der Waals surface area contributed by atoms with Crippen molar-refractivity contribution in [2.75, 3.05) is 0 Å². The Kier molecular flexibility index (Phi) is 2.10. The fourth-order valence-electron chi connectivity index (χ4n) is 4.25. The number of hydrogen-bond acceptors (Lipinski definition) is 2. The summed E-state index contributed by atoms with van der Waals surface area (Å²) >= 11 is 0. The maximum absolute atomic E-state index is 10.4. The van der Waals surface area contributed by atoms with E-state index in [4.69, 9.17) is 4.74 Å². The molecule has 0 radical (unpaired) electrons. The van der Waals surface area contributed by atoms with Crippen LogP contribution in [0.25, 0.3) is 0 Å². The van der Waals surface area contributed by atoms with Gasteiger partial charge < -0.3 is 9.84 Å². The molecule has 2 nitrogen and oxygen atoms in total. The molecule has 3 rings (SSSR count). The summed E-state index contributed by atoms with van der Waals surface area (Å²) in [6.45, 7) is 8.61. The SMILES string of the molecule is C=C1C[C@]23C[C@@H](C)C[C@@H](O)[C@]2(C)CC[C@H]1O3. The van der Waals surface area contributed by atoms with Crippen LogP contribution in [0.3, 0.4) is 0 Å². The second-order valence-corrected chi connectivity index (χ2v) is 6.45. The Balaban J connectivity index is 2.03. The number of fused-ring (bicyclic) bond motifs is 1. The van der Waals surface area contributed by atoms with Crippen LogP contribution in [0.5, 0.6) is 0 Å². The van der Waals surface area contributed by atoms with Crippen LogP contribution in [0.2, 0.25) is 0 Å². The molecule has 1 saturated carbocycles. The third kappa shape index (κ3) is 1.15. The van der Waals surface area contributed by atoms with Gasteiger partial charge in [-0.15, -0.1) is 0 Å². The van der Waals surface area contributed by atoms with Crippen LogP contribution in [-0.4, -0.2) is 22.9 Å². The minimum atomic E-state index is -0.205. The molecule has 0 aromatic carbocycles. The van der Waals surface area contributed by atoms with E-state index in [0.29, 0.717) is 5.92 Å². The summed E-state index contributed by atoms with van der Waals surface area (Å²) in [4.78, 5) is 0. The highest BCUT2D eigenvalue weighted by molar-refractivity contribution is 5.24. The van der Waals surface area contributed by atoms with Crippen molar-refractivity contribution in [3.8, 4) is 0 Å². The van der Waals surface area contributed by atoms with Gasteiger partial charge in [0.2, 0.25) is 0 Å². The molecule has 1 spiro atoms. The van der Waals surface area contributed by atoms with Crippen molar-refractivity contribution in [2.45, 2.75) is 63.8 Å². The first-order valence-electron chi connectivity index (χ1n) is 6.50. The molecule has 0 amide bonds. The molecule has 90 valence electrons. The lowest BCUT2D eigenvalue weighted by molar-refractivity contribution is -0.225. The molecule has 3 aliphatic rings. The molecule has 1 N–H and O–H groups in total. The second-order valence-electron chi connectivity index (χ2n) is 6.45. The molecule has 2 heteroatoms. The van der Waals surface area contributed by atoms with Gasteiger partial charge in [-0.05, 0) is 37.2 Å². The van der Waals surface area contributed by atoms with Gasteiger partial charge in [0.05, 0.1) is 17.8 Å². The lowest BCUT2D eigenvalue weighted by Crippen LogP contribution is -2.59. The Bertz CT molecular complexity index is 338. The van der Waals surface area contributed by atoms with E-state index in [1.54, 1.807) is 0 Å². The zero-order valence-corrected chi connectivity index (χ0v) is 10.3. The number of hydrogen-bond donors (Lipinski definition) is 1. The molecule has 2 saturated heterocycles. The zero-order valence-electron chi connectivity index (χ0n) is 10.3. The van der Waals surface area contributed by atoms with Crippen molar-refractivity contribution in [3.63, 3.8) is 0 Å². The topological polar surface area (TPSA) is 29.5 Å². The van der Waals surface area contributed by atoms with Crippen molar-refractivity contribution in [3.05, 3.63) is 12.2 Å². The molecule has 3 fully saturated rings. The smallest absolute Gasteiger partial charge is 0.0808 e. The molecule has 0 aromatic rings. The van der Waals surface area contributed by atoms with Gasteiger partial charge in [0.1, 0.15) is 0 Å². The number of aliphatic hydroxyl groups excluding tert-OH is 1. The maximum atomic E-state index is 10.4. The normalized spacial score (nSPS) is 56.2. The summed E-state index contributed by atoms with van der Waals surface area (Å²) < 4.78 is 6.29. The number of ether oxygens (including phenoxy) is 1. The van der Waals surface area contributed by atoms with Crippen LogP contribution < -0.4 is 0 Å². The Morgan fingerprint density at radius 1 is 1.50 bits per heavy atom. The molecule has 1 aliphatic carbocycles. The Morgan fingerprint density at radius 3 is 3.00 bits per heavy atom. The summed E-state index contributed by atoms with van der Waals surface area (Å²) in [5.74, 6) is 0.563. The average molecular weight is 222 g/mol. The fraction of sp³-hybridized carbons (Fsp3) is 0.857. The van der Waals surface area contributed by atoms with E-state index in [2.05, 4.69) is 20.4 Å². The van der Waals surface area contributed by atoms with Gasteiger partial charge in [-0.25, -0.2) is 0 Å². The molecule has 0 unspecified atom stereocenters. The molecular formula is C14H22O2. The highest BCUT2D eigenvalue weighted by Crippen LogP contribution is 2.61. The quantitative estimate of drug-likeness (QED) is 0.638. The van der Waals surface area contributed by atoms with Gasteiger partial charge in [-0.1, -0.05) is 20.4 Å². The van der Waals surface area contributed by atoms with Crippen molar-refractivity contribution in [2.24, 2.45) is 11.3 Å². The van der Waals surface area contributed by atoms with E-state index in [0.717, 1.165) is 32.1 Å². The maximum Gasteiger partial charge on any atom is 0.0808 e. The van der Waals surface area contributed by atoms with Crippen LogP contribution in [0.4, 0.5) is 0 Å². The Hall–Kier alpha value is -0.340. The van der Waals surface area contributed by atoms with Crippen LogP contribution >= 0.6 is 0 Å². The largest absolute Gasteiger partial charge is 0.392 e. The first kappa shape index (κ1) is 10.8. The lowest BCUT2D eigenvalue weighted by atomic mass is 9.57. The second kappa shape index (κ2) is 3.11. The van der Waals surface area contributed by atoms with Gasteiger partial charge in [-0.2, -0.15) is 0 Å². The van der Waals surface area contributed by atoms with Crippen LogP contribution in [-0.2, 0) is 4.74 Å². The molecule has 2 aliphatic heterocycles. The number of rotatable bonds is 0. The van der Waals surface area contributed by atoms with Crippen molar-refractivity contribution in [1.29, 1.82) is 0 Å². The van der Waals surface area contributed by atoms with Gasteiger partial charge >= 0.3 is 0 Å². The van der Waals surface area contributed by atoms with E-state index in [1.165, 1.54) is 5.57 Å². The van der Waals surface area contributed by atoms with E-state index in [9.17, 15) is 5.11 Å². The van der Waals surface area contributed by atoms with Crippen molar-refractivity contribution >= 4 is 0 Å². The third-order valence-corrected chi connectivity index (χ3v) is 5.34. The Labute approximate surface area is 97.7 Å². The zero-order chi connectivity index (χ0) is 11.6. The molecule has 16 heavy (non-hydrogen) atoms. The Morgan fingerprint density at radius 2 is 2.25 bits per heavy atom. The average Bonchev–Trinajstić information content (AvgIpc) is 2.45. The lowest BCUT2D eigenvalue weighted by Gasteiger charge is -2.56. The first-order valence-corrected chi connectivity index (χ1v) is 6.50. The molecule has 5 atom stereocenters. The summed E-state index contributed by atoms with van der Waals surface area (Å²) in [5.41, 5.74) is 1.10. The molecule has 2 bridgehead atoms. The molecule has 0 aromatic heterocycles. The summed E-state index contributed by atoms with van der Waals surface area (Å²) in [6.07, 6.45) is 5.19. The third-order valence-electron chi connectivity index (χ3n) is 5.34. The monoisotopic (exact) mass is 222 g/mol. The van der Waals surface area contributed by atoms with Gasteiger partial charge in [-0.3, -0.25) is 0 Å². The van der Waals surface area contributed by atoms with E-state index >= 15 is 0 Å². The highest BCUT2D eigenvalue weighted by Gasteiger charge is 2.63. The standard InChI is InChI=1S/C14H22O2/c1-9-6-12(15)13(3)5-4-11-10(2)8-14(13,7-9)16-11/h9,11-12,15H,2,4-8H2,1,3H3/t9-,11+,12+,13-,14+/m0/s1. The van der Waals surface area contributed by atoms with Crippen LogP contribution in [0, 0.1) is 11.3 Å². The predicted octanol–water partition coefficient (Wildman–Crippen LogP) is 2.66. The predicted molar refractivity (Wildman–Crippen MR) is 63.1 cm³/mol. The summed E-state index contributed by atoms with van der Waals surface area (Å²) in [5, 5.41) is 10.4. The van der Waals surface area contributed by atoms with E-state index in [1.807, 2.05) is 0 Å². The van der Waals surface area contributed by atoms with Gasteiger partial charge in [0.15, 0.2) is 0 Å². The van der Waals surface area contributed by atoms with E-state index in [-0.39, 0.29) is 23.2 Å².